The molecule has 0 aliphatic heterocycles. The zero-order chi connectivity index (χ0) is 19.8. The smallest absolute Gasteiger partial charge is 0.407 e. The zero-order valence-corrected chi connectivity index (χ0v) is 15.2. The number of benzene rings is 2. The number of hydrogen-bond donors (Lipinski definition) is 1. The van der Waals surface area contributed by atoms with Crippen LogP contribution >= 0.6 is 0 Å². The van der Waals surface area contributed by atoms with Crippen molar-refractivity contribution in [3.8, 4) is 0 Å². The van der Waals surface area contributed by atoms with Gasteiger partial charge < -0.3 is 9.73 Å². The van der Waals surface area contributed by atoms with E-state index in [2.05, 4.69) is 5.32 Å². The summed E-state index contributed by atoms with van der Waals surface area (Å²) in [5.74, 6) is -1.14. The summed E-state index contributed by atoms with van der Waals surface area (Å²) in [6, 6.07) is 11.3. The standard InChI is InChI=1S/C19H19N3O5/c1-19(2,3)13-6-4-5-7-14(13)20-17(23)11-21-15-9-8-12(22(25)26)10-16(15)27-18(21)24/h4-10H,11H2,1-3H3,(H,20,23). The molecule has 3 aromatic rings. The first-order valence-corrected chi connectivity index (χ1v) is 8.34. The van der Waals surface area contributed by atoms with E-state index in [1.165, 1.54) is 18.2 Å². The number of anilines is 1. The van der Waals surface area contributed by atoms with Gasteiger partial charge in [0.25, 0.3) is 5.69 Å². The van der Waals surface area contributed by atoms with Gasteiger partial charge in [0.15, 0.2) is 5.58 Å². The molecule has 0 spiro atoms. The van der Waals surface area contributed by atoms with Crippen LogP contribution in [0.3, 0.4) is 0 Å². The van der Waals surface area contributed by atoms with E-state index in [-0.39, 0.29) is 23.2 Å². The van der Waals surface area contributed by atoms with Crippen LogP contribution in [0.1, 0.15) is 26.3 Å². The van der Waals surface area contributed by atoms with Crippen LogP contribution in [0.15, 0.2) is 51.7 Å². The average Bonchev–Trinajstić information content (AvgIpc) is 2.89. The average molecular weight is 369 g/mol. The van der Waals surface area contributed by atoms with Gasteiger partial charge in [0.1, 0.15) is 6.54 Å². The molecule has 0 aliphatic carbocycles. The highest BCUT2D eigenvalue weighted by atomic mass is 16.6. The lowest BCUT2D eigenvalue weighted by Gasteiger charge is -2.23. The molecule has 1 N–H and O–H groups in total. The molecule has 0 fully saturated rings. The third-order valence-electron chi connectivity index (χ3n) is 4.17. The van der Waals surface area contributed by atoms with Crippen LogP contribution in [0.25, 0.3) is 11.1 Å². The van der Waals surface area contributed by atoms with Gasteiger partial charge in [-0.05, 0) is 23.1 Å². The summed E-state index contributed by atoms with van der Waals surface area (Å²) in [5, 5.41) is 13.7. The lowest BCUT2D eigenvalue weighted by molar-refractivity contribution is -0.384. The predicted molar refractivity (Wildman–Crippen MR) is 101 cm³/mol. The Balaban J connectivity index is 1.88. The minimum atomic E-state index is -0.746. The fourth-order valence-corrected chi connectivity index (χ4v) is 2.90. The van der Waals surface area contributed by atoms with E-state index in [0.29, 0.717) is 11.2 Å². The van der Waals surface area contributed by atoms with Crippen molar-refractivity contribution in [3.63, 3.8) is 0 Å². The monoisotopic (exact) mass is 369 g/mol. The van der Waals surface area contributed by atoms with Gasteiger partial charge in [0, 0.05) is 11.8 Å². The van der Waals surface area contributed by atoms with Crippen LogP contribution in [0.2, 0.25) is 0 Å². The van der Waals surface area contributed by atoms with Crippen LogP contribution in [-0.4, -0.2) is 15.4 Å². The number of oxazole rings is 1. The van der Waals surface area contributed by atoms with Crippen molar-refractivity contribution in [1.29, 1.82) is 0 Å². The van der Waals surface area contributed by atoms with Crippen molar-refractivity contribution in [2.75, 3.05) is 5.32 Å². The van der Waals surface area contributed by atoms with Gasteiger partial charge in [-0.25, -0.2) is 4.79 Å². The van der Waals surface area contributed by atoms with E-state index in [1.807, 2.05) is 39.0 Å². The first-order valence-electron chi connectivity index (χ1n) is 8.34. The number of aromatic nitrogens is 1. The number of hydrogen-bond acceptors (Lipinski definition) is 5. The van der Waals surface area contributed by atoms with E-state index in [1.54, 1.807) is 6.07 Å². The fourth-order valence-electron chi connectivity index (χ4n) is 2.90. The molecule has 1 aromatic heterocycles. The van der Waals surface area contributed by atoms with Crippen LogP contribution in [0, 0.1) is 10.1 Å². The molecule has 3 rings (SSSR count). The maximum absolute atomic E-state index is 12.5. The Labute approximate surface area is 154 Å². The van der Waals surface area contributed by atoms with Gasteiger partial charge in [-0.3, -0.25) is 19.5 Å². The van der Waals surface area contributed by atoms with Gasteiger partial charge in [-0.15, -0.1) is 0 Å². The zero-order valence-electron chi connectivity index (χ0n) is 15.2. The maximum atomic E-state index is 12.5. The number of para-hydroxylation sites is 1. The Kier molecular flexibility index (Phi) is 4.57. The molecular weight excluding hydrogens is 350 g/mol. The number of carbonyl (C=O) groups excluding carboxylic acids is 1. The number of carbonyl (C=O) groups is 1. The number of fused-ring (bicyclic) bond motifs is 1. The number of nitrogens with one attached hydrogen (secondary N) is 1. The SMILES string of the molecule is CC(C)(C)c1ccccc1NC(=O)Cn1c(=O)oc2cc([N+](=O)[O-])ccc21. The van der Waals surface area contributed by atoms with Crippen molar-refractivity contribution in [1.82, 2.24) is 4.57 Å². The van der Waals surface area contributed by atoms with Crippen LogP contribution < -0.4 is 11.1 Å². The van der Waals surface area contributed by atoms with E-state index in [9.17, 15) is 19.7 Å². The molecule has 27 heavy (non-hydrogen) atoms. The molecule has 1 heterocycles. The van der Waals surface area contributed by atoms with Crippen molar-refractivity contribution < 1.29 is 14.1 Å². The first-order chi connectivity index (χ1) is 12.7. The Morgan fingerprint density at radius 1 is 1.22 bits per heavy atom. The number of nitro benzene ring substituents is 1. The third-order valence-corrected chi connectivity index (χ3v) is 4.17. The van der Waals surface area contributed by atoms with Gasteiger partial charge in [0.2, 0.25) is 5.91 Å². The third kappa shape index (κ3) is 3.74. The molecule has 0 bridgehead atoms. The molecule has 0 unspecified atom stereocenters. The highest BCUT2D eigenvalue weighted by molar-refractivity contribution is 5.92. The predicted octanol–water partition coefficient (Wildman–Crippen LogP) is 3.44. The molecule has 0 aliphatic rings. The molecule has 0 atom stereocenters. The number of nitro groups is 1. The quantitative estimate of drug-likeness (QED) is 0.560. The minimum absolute atomic E-state index is 0.0668. The highest BCUT2D eigenvalue weighted by Crippen LogP contribution is 2.29. The van der Waals surface area contributed by atoms with Crippen LogP contribution in [0.5, 0.6) is 0 Å². The summed E-state index contributed by atoms with van der Waals surface area (Å²) in [4.78, 5) is 34.9. The second-order valence-corrected chi connectivity index (χ2v) is 7.21. The summed E-state index contributed by atoms with van der Waals surface area (Å²) >= 11 is 0. The molecular formula is C19H19N3O5. The number of non-ortho nitro benzene ring substituents is 1. The molecule has 1 amide bonds. The molecule has 0 saturated heterocycles. The van der Waals surface area contributed by atoms with Crippen molar-refractivity contribution >= 4 is 28.4 Å². The van der Waals surface area contributed by atoms with Crippen molar-refractivity contribution in [2.45, 2.75) is 32.7 Å². The molecule has 0 radical (unpaired) electrons. The normalized spacial score (nSPS) is 11.5. The molecule has 140 valence electrons. The lowest BCUT2D eigenvalue weighted by atomic mass is 9.86. The summed E-state index contributed by atoms with van der Waals surface area (Å²) < 4.78 is 6.19. The number of nitrogens with zero attached hydrogens (tertiary/aromatic N) is 2. The van der Waals surface area contributed by atoms with Gasteiger partial charge in [0.05, 0.1) is 16.5 Å². The minimum Gasteiger partial charge on any atom is -0.407 e. The lowest BCUT2D eigenvalue weighted by Crippen LogP contribution is -2.26. The summed E-state index contributed by atoms with van der Waals surface area (Å²) in [6.07, 6.45) is 0. The van der Waals surface area contributed by atoms with Gasteiger partial charge in [-0.1, -0.05) is 39.0 Å². The number of amides is 1. The van der Waals surface area contributed by atoms with Crippen LogP contribution in [-0.2, 0) is 16.8 Å². The molecule has 8 nitrogen and oxygen atoms in total. The van der Waals surface area contributed by atoms with E-state index in [4.69, 9.17) is 4.42 Å². The Morgan fingerprint density at radius 3 is 2.59 bits per heavy atom. The van der Waals surface area contributed by atoms with E-state index >= 15 is 0 Å². The fraction of sp³-hybridized carbons (Fsp3) is 0.263. The van der Waals surface area contributed by atoms with E-state index in [0.717, 1.165) is 10.1 Å². The maximum Gasteiger partial charge on any atom is 0.420 e. The van der Waals surface area contributed by atoms with Gasteiger partial charge >= 0.3 is 5.76 Å². The topological polar surface area (TPSA) is 107 Å². The Bertz CT molecular complexity index is 1090. The van der Waals surface area contributed by atoms with Crippen molar-refractivity contribution in [2.24, 2.45) is 0 Å². The van der Waals surface area contributed by atoms with Crippen LogP contribution in [0.4, 0.5) is 11.4 Å². The number of rotatable bonds is 4. The first kappa shape index (κ1) is 18.4. The Morgan fingerprint density at radius 2 is 1.93 bits per heavy atom. The second-order valence-electron chi connectivity index (χ2n) is 7.21. The highest BCUT2D eigenvalue weighted by Gasteiger charge is 2.20. The summed E-state index contributed by atoms with van der Waals surface area (Å²) in [7, 11) is 0. The van der Waals surface area contributed by atoms with E-state index < -0.39 is 16.6 Å². The molecule has 8 heteroatoms. The van der Waals surface area contributed by atoms with Gasteiger partial charge in [-0.2, -0.15) is 0 Å². The molecule has 2 aromatic carbocycles. The van der Waals surface area contributed by atoms with Crippen molar-refractivity contribution in [3.05, 3.63) is 68.7 Å². The largest absolute Gasteiger partial charge is 0.420 e. The molecule has 0 saturated carbocycles. The Hall–Kier alpha value is -3.42. The summed E-state index contributed by atoms with van der Waals surface area (Å²) in [5.41, 5.74) is 1.68. The summed E-state index contributed by atoms with van der Waals surface area (Å²) in [6.45, 7) is 5.86. The second kappa shape index (κ2) is 6.71.